The molecule has 0 aliphatic rings. The minimum Gasteiger partial charge on any atom is -0.496 e. The van der Waals surface area contributed by atoms with Crippen LogP contribution in [0.3, 0.4) is 0 Å². The van der Waals surface area contributed by atoms with Gasteiger partial charge < -0.3 is 10.1 Å². The number of para-hydroxylation sites is 1. The van der Waals surface area contributed by atoms with E-state index in [1.54, 1.807) is 19.2 Å². The van der Waals surface area contributed by atoms with Gasteiger partial charge in [-0.25, -0.2) is 0 Å². The number of hydrogen-bond acceptors (Lipinski definition) is 2. The van der Waals surface area contributed by atoms with Crippen molar-refractivity contribution in [1.82, 2.24) is 5.32 Å². The van der Waals surface area contributed by atoms with Gasteiger partial charge in [0.1, 0.15) is 5.75 Å². The first-order chi connectivity index (χ1) is 8.72. The van der Waals surface area contributed by atoms with Crippen LogP contribution in [0.25, 0.3) is 0 Å². The zero-order chi connectivity index (χ0) is 13.4. The standard InChI is InChI=1S/C14H20ClNO2/c1-3-11(8-9-15)10-16-14(17)12-6-4-5-7-13(12)18-2/h4-7,11H,3,8-10H2,1-2H3,(H,16,17). The second-order valence-electron chi connectivity index (χ2n) is 4.16. The van der Waals surface area contributed by atoms with Gasteiger partial charge in [-0.3, -0.25) is 4.79 Å². The van der Waals surface area contributed by atoms with Gasteiger partial charge in [-0.1, -0.05) is 25.5 Å². The molecule has 1 aromatic carbocycles. The summed E-state index contributed by atoms with van der Waals surface area (Å²) in [5, 5.41) is 2.93. The van der Waals surface area contributed by atoms with Crippen LogP contribution < -0.4 is 10.1 Å². The molecule has 0 bridgehead atoms. The molecule has 0 saturated carbocycles. The molecule has 4 heteroatoms. The third-order valence-corrected chi connectivity index (χ3v) is 3.22. The summed E-state index contributed by atoms with van der Waals surface area (Å²) in [7, 11) is 1.56. The fourth-order valence-electron chi connectivity index (χ4n) is 1.77. The zero-order valence-corrected chi connectivity index (χ0v) is 11.7. The first kappa shape index (κ1) is 14.8. The van der Waals surface area contributed by atoms with E-state index < -0.39 is 0 Å². The van der Waals surface area contributed by atoms with Crippen LogP contribution in [0, 0.1) is 5.92 Å². The van der Waals surface area contributed by atoms with E-state index >= 15 is 0 Å². The molecule has 0 aromatic heterocycles. The Kier molecular flexibility index (Phi) is 6.58. The van der Waals surface area contributed by atoms with Crippen LogP contribution >= 0.6 is 11.6 Å². The van der Waals surface area contributed by atoms with Gasteiger partial charge in [0.2, 0.25) is 0 Å². The van der Waals surface area contributed by atoms with Crippen LogP contribution in [-0.2, 0) is 0 Å². The number of nitrogens with one attached hydrogen (secondary N) is 1. The van der Waals surface area contributed by atoms with E-state index in [-0.39, 0.29) is 5.91 Å². The first-order valence-electron chi connectivity index (χ1n) is 6.20. The Morgan fingerprint density at radius 1 is 1.44 bits per heavy atom. The molecule has 1 rings (SSSR count). The number of alkyl halides is 1. The van der Waals surface area contributed by atoms with Crippen LogP contribution in [-0.4, -0.2) is 25.4 Å². The second kappa shape index (κ2) is 7.98. The third-order valence-electron chi connectivity index (χ3n) is 3.00. The molecule has 0 aliphatic carbocycles. The molecule has 1 unspecified atom stereocenters. The normalized spacial score (nSPS) is 11.9. The highest BCUT2D eigenvalue weighted by Crippen LogP contribution is 2.17. The number of benzene rings is 1. The number of carbonyl (C=O) groups excluding carboxylic acids is 1. The highest BCUT2D eigenvalue weighted by atomic mass is 35.5. The van der Waals surface area contributed by atoms with Gasteiger partial charge in [-0.15, -0.1) is 11.6 Å². The molecule has 1 amide bonds. The summed E-state index contributed by atoms with van der Waals surface area (Å²) in [5.41, 5.74) is 0.570. The monoisotopic (exact) mass is 269 g/mol. The lowest BCUT2D eigenvalue weighted by Crippen LogP contribution is -2.29. The molecule has 0 fully saturated rings. The van der Waals surface area contributed by atoms with Crippen LogP contribution in [0.5, 0.6) is 5.75 Å². The average molecular weight is 270 g/mol. The molecule has 0 heterocycles. The predicted molar refractivity (Wildman–Crippen MR) is 74.4 cm³/mol. The van der Waals surface area contributed by atoms with Crippen molar-refractivity contribution in [1.29, 1.82) is 0 Å². The largest absolute Gasteiger partial charge is 0.496 e. The van der Waals surface area contributed by atoms with Gasteiger partial charge in [0.05, 0.1) is 12.7 Å². The molecule has 3 nitrogen and oxygen atoms in total. The molecule has 0 spiro atoms. The number of rotatable bonds is 7. The van der Waals surface area contributed by atoms with E-state index in [0.717, 1.165) is 12.8 Å². The maximum atomic E-state index is 12.0. The van der Waals surface area contributed by atoms with Gasteiger partial charge in [0, 0.05) is 12.4 Å². The Bertz CT molecular complexity index is 382. The number of halogens is 1. The van der Waals surface area contributed by atoms with Crippen molar-refractivity contribution < 1.29 is 9.53 Å². The van der Waals surface area contributed by atoms with Crippen molar-refractivity contribution in [3.8, 4) is 5.75 Å². The van der Waals surface area contributed by atoms with E-state index in [1.165, 1.54) is 0 Å². The van der Waals surface area contributed by atoms with Crippen LogP contribution in [0.1, 0.15) is 30.1 Å². The fraction of sp³-hybridized carbons (Fsp3) is 0.500. The molecular formula is C14H20ClNO2. The molecule has 0 aliphatic heterocycles. The van der Waals surface area contributed by atoms with Crippen molar-refractivity contribution >= 4 is 17.5 Å². The predicted octanol–water partition coefficient (Wildman–Crippen LogP) is 3.08. The van der Waals surface area contributed by atoms with Gasteiger partial charge in [0.15, 0.2) is 0 Å². The molecule has 1 N–H and O–H groups in total. The third kappa shape index (κ3) is 4.22. The molecule has 1 aromatic rings. The van der Waals surface area contributed by atoms with Crippen molar-refractivity contribution in [3.63, 3.8) is 0 Å². The highest BCUT2D eigenvalue weighted by molar-refractivity contribution is 6.17. The van der Waals surface area contributed by atoms with Crippen LogP contribution in [0.4, 0.5) is 0 Å². The van der Waals surface area contributed by atoms with Gasteiger partial charge >= 0.3 is 0 Å². The average Bonchev–Trinajstić information content (AvgIpc) is 2.42. The van der Waals surface area contributed by atoms with Crippen LogP contribution in [0.15, 0.2) is 24.3 Å². The maximum absolute atomic E-state index is 12.0. The summed E-state index contributed by atoms with van der Waals surface area (Å²) in [6, 6.07) is 7.22. The minimum absolute atomic E-state index is 0.0968. The lowest BCUT2D eigenvalue weighted by atomic mass is 10.0. The fourth-order valence-corrected chi connectivity index (χ4v) is 2.08. The molecule has 18 heavy (non-hydrogen) atoms. The molecule has 1 atom stereocenters. The first-order valence-corrected chi connectivity index (χ1v) is 6.73. The number of methoxy groups -OCH3 is 1. The zero-order valence-electron chi connectivity index (χ0n) is 10.9. The van der Waals surface area contributed by atoms with Gasteiger partial charge in [-0.05, 0) is 24.5 Å². The van der Waals surface area contributed by atoms with E-state index in [1.807, 2.05) is 12.1 Å². The second-order valence-corrected chi connectivity index (χ2v) is 4.54. The Balaban J connectivity index is 2.59. The van der Waals surface area contributed by atoms with Crippen molar-refractivity contribution in [2.75, 3.05) is 19.5 Å². The number of amides is 1. The maximum Gasteiger partial charge on any atom is 0.255 e. The lowest BCUT2D eigenvalue weighted by molar-refractivity contribution is 0.0943. The van der Waals surface area contributed by atoms with E-state index in [0.29, 0.717) is 29.7 Å². The Labute approximate surface area is 113 Å². The Morgan fingerprint density at radius 2 is 2.17 bits per heavy atom. The summed E-state index contributed by atoms with van der Waals surface area (Å²) in [6.45, 7) is 2.76. The summed E-state index contributed by atoms with van der Waals surface area (Å²) in [4.78, 5) is 12.0. The van der Waals surface area contributed by atoms with Crippen molar-refractivity contribution in [3.05, 3.63) is 29.8 Å². The summed E-state index contributed by atoms with van der Waals surface area (Å²) >= 11 is 5.72. The summed E-state index contributed by atoms with van der Waals surface area (Å²) in [5.74, 6) is 1.56. The molecule has 0 radical (unpaired) electrons. The Morgan fingerprint density at radius 3 is 2.78 bits per heavy atom. The minimum atomic E-state index is -0.0968. The van der Waals surface area contributed by atoms with Crippen molar-refractivity contribution in [2.24, 2.45) is 5.92 Å². The number of hydrogen-bond donors (Lipinski definition) is 1. The summed E-state index contributed by atoms with van der Waals surface area (Å²) in [6.07, 6.45) is 1.93. The van der Waals surface area contributed by atoms with E-state index in [9.17, 15) is 4.79 Å². The molecular weight excluding hydrogens is 250 g/mol. The van der Waals surface area contributed by atoms with E-state index in [2.05, 4.69) is 12.2 Å². The lowest BCUT2D eigenvalue weighted by Gasteiger charge is -2.15. The highest BCUT2D eigenvalue weighted by Gasteiger charge is 2.13. The topological polar surface area (TPSA) is 38.3 Å². The van der Waals surface area contributed by atoms with Gasteiger partial charge in [-0.2, -0.15) is 0 Å². The van der Waals surface area contributed by atoms with E-state index in [4.69, 9.17) is 16.3 Å². The molecule has 0 saturated heterocycles. The Hall–Kier alpha value is -1.22. The van der Waals surface area contributed by atoms with Gasteiger partial charge in [0.25, 0.3) is 5.91 Å². The smallest absolute Gasteiger partial charge is 0.255 e. The number of carbonyl (C=O) groups is 1. The SMILES string of the molecule is CCC(CCCl)CNC(=O)c1ccccc1OC. The number of ether oxygens (including phenoxy) is 1. The summed E-state index contributed by atoms with van der Waals surface area (Å²) < 4.78 is 5.17. The quantitative estimate of drug-likeness (QED) is 0.773. The van der Waals surface area contributed by atoms with Crippen LogP contribution in [0.2, 0.25) is 0 Å². The molecule has 100 valence electrons. The van der Waals surface area contributed by atoms with Crippen molar-refractivity contribution in [2.45, 2.75) is 19.8 Å².